The smallest absolute Gasteiger partial charge is 0.265 e. The van der Waals surface area contributed by atoms with Crippen LogP contribution in [0.3, 0.4) is 0 Å². The molecule has 2 aromatic carbocycles. The molecule has 1 atom stereocenters. The maximum Gasteiger partial charge on any atom is 0.265 e. The van der Waals surface area contributed by atoms with E-state index >= 15 is 0 Å². The molecule has 4 heterocycles. The topological polar surface area (TPSA) is 74.8 Å². The third-order valence-electron chi connectivity index (χ3n) is 6.44. The fourth-order valence-electron chi connectivity index (χ4n) is 4.80. The lowest BCUT2D eigenvalue weighted by atomic mass is 10.2. The summed E-state index contributed by atoms with van der Waals surface area (Å²) in [5.74, 6) is 0.768. The molecular formula is C26H25N5O2. The number of benzene rings is 2. The van der Waals surface area contributed by atoms with E-state index in [1.807, 2.05) is 54.0 Å². The highest BCUT2D eigenvalue weighted by atomic mass is 16.5. The van der Waals surface area contributed by atoms with Crippen molar-refractivity contribution in [2.24, 2.45) is 0 Å². The van der Waals surface area contributed by atoms with Gasteiger partial charge in [-0.15, -0.1) is 0 Å². The van der Waals surface area contributed by atoms with Gasteiger partial charge in [0, 0.05) is 13.0 Å². The molecule has 0 radical (unpaired) electrons. The van der Waals surface area contributed by atoms with Gasteiger partial charge in [-0.3, -0.25) is 9.36 Å². The van der Waals surface area contributed by atoms with Crippen molar-refractivity contribution in [2.75, 3.05) is 6.61 Å². The summed E-state index contributed by atoms with van der Waals surface area (Å²) in [4.78, 5) is 28.7. The zero-order valence-electron chi connectivity index (χ0n) is 18.6. The monoisotopic (exact) mass is 439 g/mol. The summed E-state index contributed by atoms with van der Waals surface area (Å²) >= 11 is 0. The first-order valence-electron chi connectivity index (χ1n) is 11.6. The van der Waals surface area contributed by atoms with Crippen LogP contribution in [0, 0.1) is 0 Å². The highest BCUT2D eigenvalue weighted by Gasteiger charge is 2.24. The molecule has 0 amide bonds. The summed E-state index contributed by atoms with van der Waals surface area (Å²) in [5, 5.41) is 0.536. The van der Waals surface area contributed by atoms with E-state index in [-0.39, 0.29) is 11.7 Å². The molecular weight excluding hydrogens is 414 g/mol. The minimum atomic E-state index is -0.0613. The molecule has 5 aromatic rings. The van der Waals surface area contributed by atoms with E-state index in [4.69, 9.17) is 19.7 Å². The van der Waals surface area contributed by atoms with Crippen LogP contribution in [-0.4, -0.2) is 36.8 Å². The van der Waals surface area contributed by atoms with Crippen LogP contribution in [0.1, 0.15) is 31.2 Å². The molecule has 0 spiro atoms. The van der Waals surface area contributed by atoms with E-state index < -0.39 is 0 Å². The highest BCUT2D eigenvalue weighted by molar-refractivity contribution is 6.04. The predicted molar refractivity (Wildman–Crippen MR) is 128 cm³/mol. The van der Waals surface area contributed by atoms with E-state index in [9.17, 15) is 4.79 Å². The van der Waals surface area contributed by atoms with Gasteiger partial charge in [-0.25, -0.2) is 15.0 Å². The molecule has 7 nitrogen and oxygen atoms in total. The summed E-state index contributed by atoms with van der Waals surface area (Å²) in [7, 11) is 0. The van der Waals surface area contributed by atoms with Gasteiger partial charge >= 0.3 is 0 Å². The molecule has 3 aromatic heterocycles. The highest BCUT2D eigenvalue weighted by Crippen LogP contribution is 2.27. The fraction of sp³-hybridized carbons (Fsp3) is 0.308. The van der Waals surface area contributed by atoms with Crippen LogP contribution in [0.5, 0.6) is 0 Å². The van der Waals surface area contributed by atoms with Crippen molar-refractivity contribution >= 4 is 33.2 Å². The molecule has 1 aliphatic heterocycles. The number of aryl methyl sites for hydroxylation is 1. The lowest BCUT2D eigenvalue weighted by Crippen LogP contribution is -2.30. The Kier molecular flexibility index (Phi) is 4.91. The van der Waals surface area contributed by atoms with Gasteiger partial charge in [-0.1, -0.05) is 49.4 Å². The third-order valence-corrected chi connectivity index (χ3v) is 6.44. The number of hydrogen-bond donors (Lipinski definition) is 0. The van der Waals surface area contributed by atoms with Crippen molar-refractivity contribution in [1.82, 2.24) is 24.1 Å². The van der Waals surface area contributed by atoms with Crippen molar-refractivity contribution in [2.45, 2.75) is 45.4 Å². The van der Waals surface area contributed by atoms with Crippen molar-refractivity contribution in [3.63, 3.8) is 0 Å². The van der Waals surface area contributed by atoms with E-state index in [1.165, 1.54) is 0 Å². The molecule has 0 N–H and O–H groups in total. The van der Waals surface area contributed by atoms with E-state index in [0.717, 1.165) is 41.9 Å². The molecule has 33 heavy (non-hydrogen) atoms. The average molecular weight is 440 g/mol. The van der Waals surface area contributed by atoms with Crippen molar-refractivity contribution in [3.05, 3.63) is 76.3 Å². The Bertz CT molecular complexity index is 1530. The number of hydrogen-bond acceptors (Lipinski definition) is 5. The second-order valence-electron chi connectivity index (χ2n) is 8.59. The van der Waals surface area contributed by atoms with Crippen LogP contribution < -0.4 is 5.56 Å². The van der Waals surface area contributed by atoms with E-state index in [0.29, 0.717) is 41.7 Å². The Morgan fingerprint density at radius 1 is 0.939 bits per heavy atom. The molecule has 6 rings (SSSR count). The Morgan fingerprint density at radius 2 is 1.70 bits per heavy atom. The normalized spacial score (nSPS) is 16.3. The molecule has 1 aliphatic rings. The molecule has 7 heteroatoms. The standard InChI is InChI=1S/C26H25N5O2/c1-2-21-29-24-22(26(32)30(21)16-18-11-8-14-33-18)23-25(28-20-13-7-6-12-19(20)27-23)31(24)15-17-9-4-3-5-10-17/h3-7,9-10,12-13,18H,2,8,11,14-16H2,1H3/t18-/m1/s1. The molecule has 0 unspecified atom stereocenters. The average Bonchev–Trinajstić information content (AvgIpc) is 3.46. The Morgan fingerprint density at radius 3 is 2.42 bits per heavy atom. The summed E-state index contributed by atoms with van der Waals surface area (Å²) in [6.45, 7) is 3.88. The van der Waals surface area contributed by atoms with Gasteiger partial charge in [-0.2, -0.15) is 0 Å². The maximum absolute atomic E-state index is 13.9. The van der Waals surface area contributed by atoms with Gasteiger partial charge in [0.15, 0.2) is 11.3 Å². The van der Waals surface area contributed by atoms with Crippen LogP contribution in [0.4, 0.5) is 0 Å². The summed E-state index contributed by atoms with van der Waals surface area (Å²) in [5.41, 5.74) is 4.58. The first-order valence-corrected chi connectivity index (χ1v) is 11.6. The van der Waals surface area contributed by atoms with Crippen LogP contribution in [-0.2, 0) is 24.2 Å². The lowest BCUT2D eigenvalue weighted by Gasteiger charge is -2.16. The second kappa shape index (κ2) is 8.08. The van der Waals surface area contributed by atoms with Crippen LogP contribution in [0.15, 0.2) is 59.4 Å². The van der Waals surface area contributed by atoms with Gasteiger partial charge in [0.25, 0.3) is 5.56 Å². The number of aromatic nitrogens is 5. The van der Waals surface area contributed by atoms with Gasteiger partial charge < -0.3 is 9.30 Å². The fourth-order valence-corrected chi connectivity index (χ4v) is 4.80. The number of fused-ring (bicyclic) bond motifs is 4. The molecule has 0 saturated carbocycles. The van der Waals surface area contributed by atoms with Gasteiger partial charge in [-0.05, 0) is 30.5 Å². The largest absolute Gasteiger partial charge is 0.376 e. The molecule has 1 saturated heterocycles. The van der Waals surface area contributed by atoms with Gasteiger partial charge in [0.05, 0.1) is 30.2 Å². The summed E-state index contributed by atoms with van der Waals surface area (Å²) in [6, 6.07) is 18.0. The van der Waals surface area contributed by atoms with Crippen LogP contribution in [0.2, 0.25) is 0 Å². The molecule has 1 fully saturated rings. The van der Waals surface area contributed by atoms with E-state index in [1.54, 1.807) is 4.57 Å². The van der Waals surface area contributed by atoms with Crippen molar-refractivity contribution in [1.29, 1.82) is 0 Å². The minimum Gasteiger partial charge on any atom is -0.376 e. The molecule has 166 valence electrons. The Labute approximate surface area is 190 Å². The van der Waals surface area contributed by atoms with Crippen molar-refractivity contribution < 1.29 is 4.74 Å². The summed E-state index contributed by atoms with van der Waals surface area (Å²) in [6.07, 6.45) is 2.71. The minimum absolute atomic E-state index is 0.0526. The Hall–Kier alpha value is -3.58. The number of ether oxygens (including phenoxy) is 1. The van der Waals surface area contributed by atoms with Crippen LogP contribution in [0.25, 0.3) is 33.2 Å². The van der Waals surface area contributed by atoms with Crippen LogP contribution >= 0.6 is 0 Å². The first-order chi connectivity index (χ1) is 16.2. The maximum atomic E-state index is 13.9. The number of nitrogens with zero attached hydrogens (tertiary/aromatic N) is 5. The van der Waals surface area contributed by atoms with Gasteiger partial charge in [0.2, 0.25) is 0 Å². The summed E-state index contributed by atoms with van der Waals surface area (Å²) < 4.78 is 9.66. The molecule has 0 bridgehead atoms. The number of para-hydroxylation sites is 2. The zero-order valence-corrected chi connectivity index (χ0v) is 18.6. The van der Waals surface area contributed by atoms with Crippen molar-refractivity contribution in [3.8, 4) is 0 Å². The number of rotatable bonds is 5. The third kappa shape index (κ3) is 3.40. The first kappa shape index (κ1) is 20.1. The Balaban J connectivity index is 1.66. The molecule has 0 aliphatic carbocycles. The lowest BCUT2D eigenvalue weighted by molar-refractivity contribution is 0.0953. The zero-order chi connectivity index (χ0) is 22.4. The SMILES string of the molecule is CCc1nc2c(c(=O)n1C[C@H]1CCCO1)c1nc3ccccc3nc1n2Cc1ccccc1. The predicted octanol–water partition coefficient (Wildman–Crippen LogP) is 4.08. The van der Waals surface area contributed by atoms with Gasteiger partial charge in [0.1, 0.15) is 16.7 Å². The second-order valence-corrected chi connectivity index (χ2v) is 8.59. The quantitative estimate of drug-likeness (QED) is 0.412. The van der Waals surface area contributed by atoms with E-state index in [2.05, 4.69) is 12.1 Å².